The Labute approximate surface area is 142 Å². The number of esters is 1. The van der Waals surface area contributed by atoms with Gasteiger partial charge in [0.05, 0.1) is 7.11 Å². The Kier molecular flexibility index (Phi) is 6.01. The first-order valence-electron chi connectivity index (χ1n) is 7.67. The van der Waals surface area contributed by atoms with Gasteiger partial charge in [0.25, 0.3) is 0 Å². The van der Waals surface area contributed by atoms with Crippen LogP contribution >= 0.6 is 0 Å². The summed E-state index contributed by atoms with van der Waals surface area (Å²) in [5, 5.41) is 0. The Morgan fingerprint density at radius 2 is 1.62 bits per heavy atom. The zero-order valence-corrected chi connectivity index (χ0v) is 14.3. The summed E-state index contributed by atoms with van der Waals surface area (Å²) in [6.45, 7) is 8.37. The number of hydrogen-bond donors (Lipinski definition) is 0. The van der Waals surface area contributed by atoms with Gasteiger partial charge in [0.15, 0.2) is 5.76 Å². The molecule has 4 nitrogen and oxygen atoms in total. The van der Waals surface area contributed by atoms with Gasteiger partial charge in [-0.1, -0.05) is 36.4 Å². The van der Waals surface area contributed by atoms with Crippen molar-refractivity contribution >= 4 is 5.97 Å². The fourth-order valence-corrected chi connectivity index (χ4v) is 2.10. The van der Waals surface area contributed by atoms with Crippen LogP contribution in [-0.4, -0.2) is 13.1 Å². The smallest absolute Gasteiger partial charge is 0.372 e. The van der Waals surface area contributed by atoms with Gasteiger partial charge in [0.2, 0.25) is 0 Å². The Morgan fingerprint density at radius 1 is 1.00 bits per heavy atom. The summed E-state index contributed by atoms with van der Waals surface area (Å²) < 4.78 is 15.7. The Balaban J connectivity index is 1.89. The summed E-state index contributed by atoms with van der Waals surface area (Å²) in [5.74, 6) is 0.338. The molecule has 0 bridgehead atoms. The first-order chi connectivity index (χ1) is 11.5. The topological polar surface area (TPSA) is 44.8 Å². The molecule has 0 N–H and O–H groups in total. The Hall–Kier alpha value is -2.75. The highest BCUT2D eigenvalue weighted by Crippen LogP contribution is 2.20. The quantitative estimate of drug-likeness (QED) is 0.437. The molecule has 4 heteroatoms. The third kappa shape index (κ3) is 4.88. The molecular weight excluding hydrogens is 304 g/mol. The maximum absolute atomic E-state index is 11.2. The van der Waals surface area contributed by atoms with Crippen LogP contribution in [0.1, 0.15) is 22.3 Å². The molecule has 0 radical (unpaired) electrons. The van der Waals surface area contributed by atoms with Gasteiger partial charge in [-0.3, -0.25) is 0 Å². The normalized spacial score (nSPS) is 10.1. The van der Waals surface area contributed by atoms with E-state index in [0.717, 1.165) is 22.4 Å². The van der Waals surface area contributed by atoms with Crippen molar-refractivity contribution in [1.29, 1.82) is 0 Å². The van der Waals surface area contributed by atoms with Crippen LogP contribution in [0.2, 0.25) is 0 Å². The second kappa shape index (κ2) is 8.20. The number of rotatable bonds is 7. The fourth-order valence-electron chi connectivity index (χ4n) is 2.10. The van der Waals surface area contributed by atoms with Crippen LogP contribution < -0.4 is 4.74 Å². The van der Waals surface area contributed by atoms with E-state index in [1.807, 2.05) is 44.2 Å². The van der Waals surface area contributed by atoms with Gasteiger partial charge in [-0.2, -0.15) is 0 Å². The third-order valence-corrected chi connectivity index (χ3v) is 3.59. The van der Waals surface area contributed by atoms with Crippen molar-refractivity contribution in [3.05, 3.63) is 77.1 Å². The van der Waals surface area contributed by atoms with Crippen LogP contribution in [0.5, 0.6) is 5.75 Å². The number of methoxy groups -OCH3 is 1. The first-order valence-corrected chi connectivity index (χ1v) is 7.67. The summed E-state index contributed by atoms with van der Waals surface area (Å²) in [6.07, 6.45) is 0. The van der Waals surface area contributed by atoms with Crippen molar-refractivity contribution in [2.75, 3.05) is 7.11 Å². The van der Waals surface area contributed by atoms with Gasteiger partial charge in [0.1, 0.15) is 19.0 Å². The average molecular weight is 326 g/mol. The highest BCUT2D eigenvalue weighted by atomic mass is 16.6. The Bertz CT molecular complexity index is 717. The van der Waals surface area contributed by atoms with Crippen molar-refractivity contribution < 1.29 is 19.0 Å². The van der Waals surface area contributed by atoms with E-state index >= 15 is 0 Å². The van der Waals surface area contributed by atoms with Crippen molar-refractivity contribution in [2.45, 2.75) is 27.1 Å². The second-order valence-corrected chi connectivity index (χ2v) is 5.58. The molecule has 0 spiro atoms. The van der Waals surface area contributed by atoms with Crippen molar-refractivity contribution in [2.24, 2.45) is 0 Å². The van der Waals surface area contributed by atoms with Gasteiger partial charge in [-0.25, -0.2) is 4.79 Å². The van der Waals surface area contributed by atoms with E-state index in [2.05, 4.69) is 23.4 Å². The van der Waals surface area contributed by atoms with E-state index in [-0.39, 0.29) is 12.4 Å². The first kappa shape index (κ1) is 17.6. The molecule has 2 rings (SSSR count). The summed E-state index contributed by atoms with van der Waals surface area (Å²) in [7, 11) is 1.29. The van der Waals surface area contributed by atoms with Gasteiger partial charge >= 0.3 is 5.97 Å². The van der Waals surface area contributed by atoms with Gasteiger partial charge in [0, 0.05) is 0 Å². The molecule has 0 aliphatic rings. The molecule has 0 unspecified atom stereocenters. The fraction of sp³-hybridized carbons (Fsp3) is 0.250. The minimum absolute atomic E-state index is 0.000155. The lowest BCUT2D eigenvalue weighted by Gasteiger charge is -2.11. The molecule has 0 aliphatic heterocycles. The summed E-state index contributed by atoms with van der Waals surface area (Å²) in [5.41, 5.74) is 4.29. The monoisotopic (exact) mass is 326 g/mol. The highest BCUT2D eigenvalue weighted by molar-refractivity contribution is 5.85. The van der Waals surface area contributed by atoms with Crippen molar-refractivity contribution in [1.82, 2.24) is 0 Å². The molecule has 2 aromatic carbocycles. The highest BCUT2D eigenvalue weighted by Gasteiger charge is 2.07. The van der Waals surface area contributed by atoms with Gasteiger partial charge in [-0.15, -0.1) is 0 Å². The zero-order valence-electron chi connectivity index (χ0n) is 14.3. The summed E-state index contributed by atoms with van der Waals surface area (Å²) in [4.78, 5) is 11.2. The largest absolute Gasteiger partial charge is 0.489 e. The SMILES string of the molecule is C=C(OCc1ccc(COc2cc(C)ccc2C)cc1)C(=O)OC. The van der Waals surface area contributed by atoms with Crippen LogP contribution in [0.4, 0.5) is 0 Å². The van der Waals surface area contributed by atoms with E-state index in [9.17, 15) is 4.79 Å². The van der Waals surface area contributed by atoms with Crippen LogP contribution in [-0.2, 0) is 27.5 Å². The number of benzene rings is 2. The molecule has 0 atom stereocenters. The molecule has 126 valence electrons. The minimum Gasteiger partial charge on any atom is -0.489 e. The van der Waals surface area contributed by atoms with Crippen LogP contribution in [0.15, 0.2) is 54.8 Å². The molecule has 0 heterocycles. The van der Waals surface area contributed by atoms with E-state index in [1.54, 1.807) is 0 Å². The van der Waals surface area contributed by atoms with Crippen LogP contribution in [0.25, 0.3) is 0 Å². The predicted molar refractivity (Wildman–Crippen MR) is 92.6 cm³/mol. The average Bonchev–Trinajstić information content (AvgIpc) is 2.60. The van der Waals surface area contributed by atoms with Crippen LogP contribution in [0.3, 0.4) is 0 Å². The number of carbonyl (C=O) groups excluding carboxylic acids is 1. The number of carbonyl (C=O) groups is 1. The van der Waals surface area contributed by atoms with Crippen molar-refractivity contribution in [3.8, 4) is 5.75 Å². The molecule has 0 aliphatic carbocycles. The minimum atomic E-state index is -0.562. The zero-order chi connectivity index (χ0) is 17.5. The lowest BCUT2D eigenvalue weighted by molar-refractivity contribution is -0.140. The summed E-state index contributed by atoms with van der Waals surface area (Å²) >= 11 is 0. The maximum atomic E-state index is 11.2. The molecule has 0 aromatic heterocycles. The maximum Gasteiger partial charge on any atom is 0.372 e. The van der Waals surface area contributed by atoms with E-state index in [1.165, 1.54) is 12.7 Å². The molecule has 0 amide bonds. The van der Waals surface area contributed by atoms with Crippen LogP contribution in [0, 0.1) is 13.8 Å². The molecular formula is C20H22O4. The second-order valence-electron chi connectivity index (χ2n) is 5.58. The van der Waals surface area contributed by atoms with E-state index < -0.39 is 5.97 Å². The van der Waals surface area contributed by atoms with E-state index in [4.69, 9.17) is 9.47 Å². The summed E-state index contributed by atoms with van der Waals surface area (Å²) in [6, 6.07) is 14.0. The van der Waals surface area contributed by atoms with E-state index in [0.29, 0.717) is 6.61 Å². The standard InChI is InChI=1S/C20H22O4/c1-14-5-6-15(2)19(11-14)24-13-18-9-7-17(8-10-18)12-23-16(3)20(21)22-4/h5-11H,3,12-13H2,1-2,4H3. The predicted octanol–water partition coefficient (Wildman–Crippen LogP) is 4.09. The lowest BCUT2D eigenvalue weighted by Crippen LogP contribution is -2.07. The number of hydrogen-bond acceptors (Lipinski definition) is 4. The molecule has 2 aromatic rings. The third-order valence-electron chi connectivity index (χ3n) is 3.59. The lowest BCUT2D eigenvalue weighted by atomic mass is 10.1. The molecule has 0 saturated carbocycles. The van der Waals surface area contributed by atoms with Crippen molar-refractivity contribution in [3.63, 3.8) is 0 Å². The number of ether oxygens (including phenoxy) is 3. The number of aryl methyl sites for hydroxylation is 2. The Morgan fingerprint density at radius 3 is 2.25 bits per heavy atom. The molecule has 24 heavy (non-hydrogen) atoms. The molecule has 0 fully saturated rings. The van der Waals surface area contributed by atoms with Gasteiger partial charge < -0.3 is 14.2 Å². The van der Waals surface area contributed by atoms with Gasteiger partial charge in [-0.05, 0) is 48.7 Å². The molecule has 0 saturated heterocycles.